The molecule has 1 heterocycles. The summed E-state index contributed by atoms with van der Waals surface area (Å²) in [5.74, 6) is -0.818. The Morgan fingerprint density at radius 3 is 2.86 bits per heavy atom. The SMILES string of the molecule is CN(C)CCCC1NCCC1C(=O)O. The minimum absolute atomic E-state index is 0.169. The summed E-state index contributed by atoms with van der Waals surface area (Å²) >= 11 is 0. The van der Waals surface area contributed by atoms with E-state index in [1.165, 1.54) is 0 Å². The van der Waals surface area contributed by atoms with E-state index in [0.29, 0.717) is 0 Å². The standard InChI is InChI=1S/C10H20N2O2/c1-12(2)7-3-4-9-8(10(13)14)5-6-11-9/h8-9,11H,3-7H2,1-2H3,(H,13,14). The summed E-state index contributed by atoms with van der Waals surface area (Å²) < 4.78 is 0. The fourth-order valence-corrected chi connectivity index (χ4v) is 1.99. The predicted octanol–water partition coefficient (Wildman–Crippen LogP) is 0.391. The highest BCUT2D eigenvalue weighted by molar-refractivity contribution is 5.71. The van der Waals surface area contributed by atoms with E-state index in [9.17, 15) is 4.79 Å². The van der Waals surface area contributed by atoms with Crippen LogP contribution in [-0.2, 0) is 4.79 Å². The van der Waals surface area contributed by atoms with E-state index in [0.717, 1.165) is 32.4 Å². The molecule has 0 aromatic carbocycles. The molecule has 2 unspecified atom stereocenters. The molecule has 1 fully saturated rings. The lowest BCUT2D eigenvalue weighted by Gasteiger charge is -2.17. The van der Waals surface area contributed by atoms with E-state index in [1.54, 1.807) is 0 Å². The number of nitrogens with zero attached hydrogens (tertiary/aromatic N) is 1. The third kappa shape index (κ3) is 3.27. The molecule has 2 N–H and O–H groups in total. The van der Waals surface area contributed by atoms with Crippen molar-refractivity contribution in [3.8, 4) is 0 Å². The first-order chi connectivity index (χ1) is 6.61. The molecule has 0 aromatic rings. The van der Waals surface area contributed by atoms with E-state index in [-0.39, 0.29) is 12.0 Å². The number of aliphatic carboxylic acids is 1. The first-order valence-corrected chi connectivity index (χ1v) is 5.22. The monoisotopic (exact) mass is 200 g/mol. The van der Waals surface area contributed by atoms with Crippen molar-refractivity contribution in [3.63, 3.8) is 0 Å². The van der Waals surface area contributed by atoms with Gasteiger partial charge in [0.2, 0.25) is 0 Å². The van der Waals surface area contributed by atoms with Gasteiger partial charge >= 0.3 is 5.97 Å². The Morgan fingerprint density at radius 2 is 2.29 bits per heavy atom. The van der Waals surface area contributed by atoms with E-state index >= 15 is 0 Å². The zero-order valence-electron chi connectivity index (χ0n) is 8.99. The van der Waals surface area contributed by atoms with Crippen LogP contribution in [0.2, 0.25) is 0 Å². The molecule has 1 aliphatic rings. The van der Waals surface area contributed by atoms with E-state index < -0.39 is 5.97 Å². The molecule has 1 rings (SSSR count). The van der Waals surface area contributed by atoms with Gasteiger partial charge < -0.3 is 15.3 Å². The van der Waals surface area contributed by atoms with Gasteiger partial charge in [-0.15, -0.1) is 0 Å². The molecule has 0 radical (unpaired) electrons. The highest BCUT2D eigenvalue weighted by Gasteiger charge is 2.31. The average molecular weight is 200 g/mol. The van der Waals surface area contributed by atoms with Crippen molar-refractivity contribution in [1.29, 1.82) is 0 Å². The molecule has 0 saturated carbocycles. The molecule has 14 heavy (non-hydrogen) atoms. The van der Waals surface area contributed by atoms with E-state index in [1.807, 2.05) is 14.1 Å². The Labute approximate surface area is 85.3 Å². The Kier molecular flexibility index (Phi) is 4.35. The molecular formula is C10H20N2O2. The molecule has 0 aliphatic carbocycles. The second-order valence-electron chi connectivity index (χ2n) is 4.24. The van der Waals surface area contributed by atoms with Gasteiger partial charge in [-0.25, -0.2) is 0 Å². The Bertz CT molecular complexity index is 195. The molecule has 4 heteroatoms. The molecule has 1 saturated heterocycles. The molecule has 82 valence electrons. The summed E-state index contributed by atoms with van der Waals surface area (Å²) in [5, 5.41) is 12.2. The molecule has 0 aromatic heterocycles. The van der Waals surface area contributed by atoms with Crippen molar-refractivity contribution in [2.75, 3.05) is 27.2 Å². The Morgan fingerprint density at radius 1 is 1.57 bits per heavy atom. The van der Waals surface area contributed by atoms with Gasteiger partial charge in [0.15, 0.2) is 0 Å². The third-order valence-electron chi connectivity index (χ3n) is 2.79. The van der Waals surface area contributed by atoms with E-state index in [2.05, 4.69) is 10.2 Å². The van der Waals surface area contributed by atoms with Crippen LogP contribution < -0.4 is 5.32 Å². The first-order valence-electron chi connectivity index (χ1n) is 5.22. The van der Waals surface area contributed by atoms with Crippen molar-refractivity contribution in [3.05, 3.63) is 0 Å². The van der Waals surface area contributed by atoms with Crippen molar-refractivity contribution in [1.82, 2.24) is 10.2 Å². The summed E-state index contributed by atoms with van der Waals surface area (Å²) in [7, 11) is 4.08. The maximum Gasteiger partial charge on any atom is 0.308 e. The fourth-order valence-electron chi connectivity index (χ4n) is 1.99. The normalized spacial score (nSPS) is 27.1. The summed E-state index contributed by atoms with van der Waals surface area (Å²) in [4.78, 5) is 13.0. The van der Waals surface area contributed by atoms with Crippen molar-refractivity contribution >= 4 is 5.97 Å². The van der Waals surface area contributed by atoms with Crippen LogP contribution in [0.1, 0.15) is 19.3 Å². The number of hydrogen-bond acceptors (Lipinski definition) is 3. The maximum atomic E-state index is 10.9. The first kappa shape index (κ1) is 11.5. The van der Waals surface area contributed by atoms with Crippen LogP contribution in [0.4, 0.5) is 0 Å². The highest BCUT2D eigenvalue weighted by atomic mass is 16.4. The minimum atomic E-state index is -0.648. The van der Waals surface area contributed by atoms with Gasteiger partial charge in [0.05, 0.1) is 5.92 Å². The average Bonchev–Trinajstić information content (AvgIpc) is 2.51. The van der Waals surface area contributed by atoms with Crippen LogP contribution >= 0.6 is 0 Å². The lowest BCUT2D eigenvalue weighted by atomic mass is 9.97. The summed E-state index contributed by atoms with van der Waals surface area (Å²) in [6.45, 7) is 1.88. The molecule has 2 atom stereocenters. The van der Waals surface area contributed by atoms with Crippen LogP contribution in [0.3, 0.4) is 0 Å². The summed E-state index contributed by atoms with van der Waals surface area (Å²) in [5.41, 5.74) is 0. The Hall–Kier alpha value is -0.610. The van der Waals surface area contributed by atoms with E-state index in [4.69, 9.17) is 5.11 Å². The van der Waals surface area contributed by atoms with Crippen LogP contribution in [0, 0.1) is 5.92 Å². The largest absolute Gasteiger partial charge is 0.481 e. The molecule has 0 spiro atoms. The molecule has 1 aliphatic heterocycles. The molecular weight excluding hydrogens is 180 g/mol. The van der Waals surface area contributed by atoms with Gasteiger partial charge in [-0.1, -0.05) is 0 Å². The molecule has 0 amide bonds. The number of carboxylic acid groups (broad SMARTS) is 1. The third-order valence-corrected chi connectivity index (χ3v) is 2.79. The smallest absolute Gasteiger partial charge is 0.308 e. The number of carbonyl (C=O) groups is 1. The van der Waals surface area contributed by atoms with Gasteiger partial charge in [-0.05, 0) is 46.4 Å². The predicted molar refractivity (Wildman–Crippen MR) is 55.3 cm³/mol. The van der Waals surface area contributed by atoms with Crippen molar-refractivity contribution in [2.45, 2.75) is 25.3 Å². The van der Waals surface area contributed by atoms with Crippen molar-refractivity contribution < 1.29 is 9.90 Å². The van der Waals surface area contributed by atoms with Crippen LogP contribution in [0.15, 0.2) is 0 Å². The second kappa shape index (κ2) is 5.32. The summed E-state index contributed by atoms with van der Waals surface area (Å²) in [6, 6.07) is 0.187. The zero-order valence-corrected chi connectivity index (χ0v) is 8.99. The number of hydrogen-bond donors (Lipinski definition) is 2. The lowest BCUT2D eigenvalue weighted by molar-refractivity contribution is -0.142. The van der Waals surface area contributed by atoms with Gasteiger partial charge in [0.1, 0.15) is 0 Å². The number of carboxylic acids is 1. The van der Waals surface area contributed by atoms with Crippen molar-refractivity contribution in [2.24, 2.45) is 5.92 Å². The maximum absolute atomic E-state index is 10.9. The van der Waals surface area contributed by atoms with Gasteiger partial charge in [-0.3, -0.25) is 4.79 Å². The lowest BCUT2D eigenvalue weighted by Crippen LogP contribution is -2.32. The topological polar surface area (TPSA) is 52.6 Å². The number of rotatable bonds is 5. The Balaban J connectivity index is 2.26. The second-order valence-corrected chi connectivity index (χ2v) is 4.24. The van der Waals surface area contributed by atoms with Crippen LogP contribution in [-0.4, -0.2) is 49.2 Å². The van der Waals surface area contributed by atoms with Gasteiger partial charge in [0.25, 0.3) is 0 Å². The zero-order chi connectivity index (χ0) is 10.6. The summed E-state index contributed by atoms with van der Waals surface area (Å²) in [6.07, 6.45) is 2.81. The van der Waals surface area contributed by atoms with Crippen LogP contribution in [0.25, 0.3) is 0 Å². The number of nitrogens with one attached hydrogen (secondary N) is 1. The van der Waals surface area contributed by atoms with Crippen LogP contribution in [0.5, 0.6) is 0 Å². The van der Waals surface area contributed by atoms with Gasteiger partial charge in [-0.2, -0.15) is 0 Å². The van der Waals surface area contributed by atoms with Gasteiger partial charge in [0, 0.05) is 6.04 Å². The molecule has 0 bridgehead atoms. The minimum Gasteiger partial charge on any atom is -0.481 e. The molecule has 4 nitrogen and oxygen atoms in total. The quantitative estimate of drug-likeness (QED) is 0.674. The fraction of sp³-hybridized carbons (Fsp3) is 0.900. The highest BCUT2D eigenvalue weighted by Crippen LogP contribution is 2.19.